The summed E-state index contributed by atoms with van der Waals surface area (Å²) in [5.41, 5.74) is 2.42. The first-order valence-electron chi connectivity index (χ1n) is 5.91. The van der Waals surface area contributed by atoms with Crippen molar-refractivity contribution in [3.63, 3.8) is 0 Å². The monoisotopic (exact) mass is 234 g/mol. The summed E-state index contributed by atoms with van der Waals surface area (Å²) < 4.78 is 1.35. The van der Waals surface area contributed by atoms with E-state index in [4.69, 9.17) is 0 Å². The largest absolute Gasteiger partial charge is 0.143 e. The van der Waals surface area contributed by atoms with Crippen molar-refractivity contribution in [3.8, 4) is 0 Å². The van der Waals surface area contributed by atoms with E-state index in [0.29, 0.717) is 0 Å². The Hall–Kier alpha value is -1.08. The fourth-order valence-electron chi connectivity index (χ4n) is 1.33. The molecule has 0 fully saturated rings. The third-order valence-corrected chi connectivity index (χ3v) is 2.90. The highest BCUT2D eigenvalue weighted by Gasteiger charge is 2.00. The van der Waals surface area contributed by atoms with Crippen LogP contribution in [0, 0.1) is 0 Å². The van der Waals surface area contributed by atoms with E-state index in [1.54, 1.807) is 11.3 Å². The van der Waals surface area contributed by atoms with Crippen LogP contribution >= 0.6 is 11.3 Å². The van der Waals surface area contributed by atoms with Gasteiger partial charge in [0.05, 0.1) is 0 Å². The Morgan fingerprint density at radius 3 is 2.25 bits per heavy atom. The van der Waals surface area contributed by atoms with Crippen molar-refractivity contribution in [1.82, 2.24) is 0 Å². The first-order valence-corrected chi connectivity index (χ1v) is 6.79. The highest BCUT2D eigenvalue weighted by atomic mass is 32.1. The molecule has 2 aromatic rings. The van der Waals surface area contributed by atoms with Gasteiger partial charge in [-0.15, -0.1) is 11.3 Å². The average Bonchev–Trinajstić information content (AvgIpc) is 2.81. The normalized spacial score (nSPS) is 8.56. The molecule has 0 saturated carbocycles. The maximum atomic E-state index is 3.96. The first kappa shape index (κ1) is 14.9. The molecule has 16 heavy (non-hydrogen) atoms. The molecule has 0 aliphatic rings. The molecule has 0 aliphatic heterocycles. The SMILES string of the molecule is C=C(C)c1cccc2ccsc12.CC.CC. The Morgan fingerprint density at radius 2 is 1.69 bits per heavy atom. The van der Waals surface area contributed by atoms with Gasteiger partial charge in [-0.3, -0.25) is 0 Å². The highest BCUT2D eigenvalue weighted by molar-refractivity contribution is 7.17. The van der Waals surface area contributed by atoms with Gasteiger partial charge in [0.2, 0.25) is 0 Å². The van der Waals surface area contributed by atoms with E-state index in [0.717, 1.165) is 5.57 Å². The second-order valence-electron chi connectivity index (χ2n) is 2.92. The van der Waals surface area contributed by atoms with Crippen LogP contribution in [0.1, 0.15) is 40.2 Å². The van der Waals surface area contributed by atoms with Gasteiger partial charge in [0, 0.05) is 4.70 Å². The zero-order valence-electron chi connectivity index (χ0n) is 11.0. The van der Waals surface area contributed by atoms with Crippen LogP contribution in [0.15, 0.2) is 36.2 Å². The number of allylic oxidation sites excluding steroid dienone is 1. The van der Waals surface area contributed by atoms with E-state index < -0.39 is 0 Å². The van der Waals surface area contributed by atoms with Gasteiger partial charge in [0.1, 0.15) is 0 Å². The molecule has 1 aromatic heterocycles. The molecule has 0 aliphatic carbocycles. The highest BCUT2D eigenvalue weighted by Crippen LogP contribution is 2.28. The zero-order valence-corrected chi connectivity index (χ0v) is 11.8. The minimum atomic E-state index is 1.14. The quantitative estimate of drug-likeness (QED) is 0.569. The molecular formula is C15H22S. The summed E-state index contributed by atoms with van der Waals surface area (Å²) in [5.74, 6) is 0. The molecule has 0 radical (unpaired) electrons. The Kier molecular flexibility index (Phi) is 7.57. The van der Waals surface area contributed by atoms with Crippen molar-refractivity contribution in [2.75, 3.05) is 0 Å². The van der Waals surface area contributed by atoms with E-state index in [2.05, 4.69) is 43.1 Å². The third kappa shape index (κ3) is 3.49. The van der Waals surface area contributed by atoms with E-state index in [-0.39, 0.29) is 0 Å². The molecule has 0 nitrogen and oxygen atoms in total. The van der Waals surface area contributed by atoms with Crippen LogP contribution < -0.4 is 0 Å². The fraction of sp³-hybridized carbons (Fsp3) is 0.333. The number of hydrogen-bond donors (Lipinski definition) is 0. The first-order chi connectivity index (χ1) is 7.79. The van der Waals surface area contributed by atoms with Crippen molar-refractivity contribution in [1.29, 1.82) is 0 Å². The molecule has 0 atom stereocenters. The van der Waals surface area contributed by atoms with Crippen LogP contribution in [0.25, 0.3) is 15.7 Å². The second-order valence-corrected chi connectivity index (χ2v) is 3.84. The Balaban J connectivity index is 0.000000509. The lowest BCUT2D eigenvalue weighted by atomic mass is 10.1. The van der Waals surface area contributed by atoms with Gasteiger partial charge in [0.15, 0.2) is 0 Å². The smallest absolute Gasteiger partial charge is 0.0417 e. The van der Waals surface area contributed by atoms with Gasteiger partial charge < -0.3 is 0 Å². The number of rotatable bonds is 1. The summed E-state index contributed by atoms with van der Waals surface area (Å²) in [7, 11) is 0. The van der Waals surface area contributed by atoms with Crippen molar-refractivity contribution < 1.29 is 0 Å². The summed E-state index contributed by atoms with van der Waals surface area (Å²) >= 11 is 1.78. The van der Waals surface area contributed by atoms with Crippen LogP contribution in [0.4, 0.5) is 0 Å². The molecule has 88 valence electrons. The van der Waals surface area contributed by atoms with E-state index in [1.165, 1.54) is 15.6 Å². The third-order valence-electron chi connectivity index (χ3n) is 1.94. The summed E-state index contributed by atoms with van der Waals surface area (Å²) in [6, 6.07) is 8.49. The van der Waals surface area contributed by atoms with Gasteiger partial charge in [-0.25, -0.2) is 0 Å². The van der Waals surface area contributed by atoms with Crippen molar-refractivity contribution in [3.05, 3.63) is 41.8 Å². The lowest BCUT2D eigenvalue weighted by Gasteiger charge is -1.99. The molecule has 0 spiro atoms. The molecule has 0 saturated heterocycles. The van der Waals surface area contributed by atoms with E-state index in [1.807, 2.05) is 27.7 Å². The molecule has 0 amide bonds. The predicted molar refractivity (Wildman–Crippen MR) is 79.2 cm³/mol. The summed E-state index contributed by atoms with van der Waals surface area (Å²) in [6.45, 7) is 14.0. The summed E-state index contributed by atoms with van der Waals surface area (Å²) in [5, 5.41) is 3.44. The zero-order chi connectivity index (χ0) is 12.6. The summed E-state index contributed by atoms with van der Waals surface area (Å²) in [4.78, 5) is 0. The molecule has 1 heterocycles. The van der Waals surface area contributed by atoms with Gasteiger partial charge >= 0.3 is 0 Å². The van der Waals surface area contributed by atoms with Gasteiger partial charge in [0.25, 0.3) is 0 Å². The van der Waals surface area contributed by atoms with Gasteiger partial charge in [-0.1, -0.05) is 52.5 Å². The maximum Gasteiger partial charge on any atom is 0.0417 e. The van der Waals surface area contributed by atoms with Crippen molar-refractivity contribution >= 4 is 27.0 Å². The fourth-order valence-corrected chi connectivity index (χ4v) is 2.32. The van der Waals surface area contributed by atoms with Crippen LogP contribution in [-0.4, -0.2) is 0 Å². The van der Waals surface area contributed by atoms with Crippen molar-refractivity contribution in [2.45, 2.75) is 34.6 Å². The average molecular weight is 234 g/mol. The molecule has 0 unspecified atom stereocenters. The number of benzene rings is 1. The second kappa shape index (κ2) is 8.12. The minimum absolute atomic E-state index is 1.14. The van der Waals surface area contributed by atoms with Crippen LogP contribution in [-0.2, 0) is 0 Å². The Labute approximate surface area is 104 Å². The molecule has 1 heteroatoms. The topological polar surface area (TPSA) is 0 Å². The number of hydrogen-bond acceptors (Lipinski definition) is 1. The Bertz CT molecular complexity index is 424. The minimum Gasteiger partial charge on any atom is -0.143 e. The lowest BCUT2D eigenvalue weighted by molar-refractivity contribution is 1.50. The van der Waals surface area contributed by atoms with Crippen LogP contribution in [0.5, 0.6) is 0 Å². The Morgan fingerprint density at radius 1 is 1.06 bits per heavy atom. The number of thiophene rings is 1. The van der Waals surface area contributed by atoms with Gasteiger partial charge in [-0.2, -0.15) is 0 Å². The number of fused-ring (bicyclic) bond motifs is 1. The standard InChI is InChI=1S/C11H10S.2C2H6/c1-8(2)10-5-3-4-9-6-7-12-11(9)10;2*1-2/h3-7H,1H2,2H3;2*1-2H3. The lowest BCUT2D eigenvalue weighted by Crippen LogP contribution is -1.76. The predicted octanol–water partition coefficient (Wildman–Crippen LogP) is 5.99. The molecule has 0 N–H and O–H groups in total. The summed E-state index contributed by atoms with van der Waals surface area (Å²) in [6.07, 6.45) is 0. The van der Waals surface area contributed by atoms with Crippen LogP contribution in [0.3, 0.4) is 0 Å². The molecule has 1 aromatic carbocycles. The van der Waals surface area contributed by atoms with Crippen molar-refractivity contribution in [2.24, 2.45) is 0 Å². The van der Waals surface area contributed by atoms with E-state index >= 15 is 0 Å². The van der Waals surface area contributed by atoms with Gasteiger partial charge in [-0.05, 0) is 34.9 Å². The van der Waals surface area contributed by atoms with Crippen LogP contribution in [0.2, 0.25) is 0 Å². The van der Waals surface area contributed by atoms with E-state index in [9.17, 15) is 0 Å². The molecule has 0 bridgehead atoms. The molecule has 2 rings (SSSR count). The maximum absolute atomic E-state index is 3.96. The molecular weight excluding hydrogens is 212 g/mol.